The van der Waals surface area contributed by atoms with Crippen LogP contribution in [0.4, 0.5) is 11.4 Å². The predicted molar refractivity (Wildman–Crippen MR) is 116 cm³/mol. The van der Waals surface area contributed by atoms with Crippen LogP contribution in [0.5, 0.6) is 5.75 Å². The molecule has 2 aliphatic rings. The van der Waals surface area contributed by atoms with Gasteiger partial charge in [0.1, 0.15) is 11.4 Å². The van der Waals surface area contributed by atoms with Crippen molar-refractivity contribution in [1.82, 2.24) is 0 Å². The third-order valence-corrected chi connectivity index (χ3v) is 6.79. The van der Waals surface area contributed by atoms with Crippen molar-refractivity contribution >= 4 is 44.3 Å². The van der Waals surface area contributed by atoms with Crippen molar-refractivity contribution < 1.29 is 4.74 Å². The third kappa shape index (κ3) is 2.10. The van der Waals surface area contributed by atoms with Crippen molar-refractivity contribution in [3.8, 4) is 5.75 Å². The highest BCUT2D eigenvalue weighted by molar-refractivity contribution is 9.08. The molecule has 0 aromatic heterocycles. The van der Waals surface area contributed by atoms with Crippen LogP contribution in [0.15, 0.2) is 59.6 Å². The second-order valence-electron chi connectivity index (χ2n) is 7.86. The Morgan fingerprint density at radius 2 is 1.89 bits per heavy atom. The second-order valence-corrected chi connectivity index (χ2v) is 8.42. The lowest BCUT2D eigenvalue weighted by molar-refractivity contribution is 0.0826. The number of likely N-dealkylation sites (N-methyl/N-ethyl adjacent to an activating group) is 1. The Labute approximate surface area is 167 Å². The molecular formula is C23H21BrN2O. The van der Waals surface area contributed by atoms with E-state index in [9.17, 15) is 0 Å². The molecule has 2 aliphatic heterocycles. The summed E-state index contributed by atoms with van der Waals surface area (Å²) >= 11 is 3.57. The van der Waals surface area contributed by atoms with E-state index in [-0.39, 0.29) is 5.41 Å². The first-order valence-corrected chi connectivity index (χ1v) is 10.3. The maximum absolute atomic E-state index is 6.74. The fourth-order valence-corrected chi connectivity index (χ4v) is 4.85. The van der Waals surface area contributed by atoms with E-state index in [2.05, 4.69) is 84.2 Å². The molecule has 0 radical (unpaired) electrons. The molecule has 3 aromatic rings. The highest BCUT2D eigenvalue weighted by Gasteiger charge is 2.58. The fourth-order valence-electron chi connectivity index (χ4n) is 4.50. The number of ether oxygens (including phenoxy) is 1. The Morgan fingerprint density at radius 1 is 1.07 bits per heavy atom. The SMILES string of the molecule is CN1c2cc(CBr)ccc2C(C)(C)C12C=Nc1c(ccc3ccccc13)O2. The topological polar surface area (TPSA) is 24.8 Å². The van der Waals surface area contributed by atoms with Crippen LogP contribution >= 0.6 is 15.9 Å². The number of alkyl halides is 1. The Hall–Kier alpha value is -2.33. The van der Waals surface area contributed by atoms with E-state index in [4.69, 9.17) is 9.73 Å². The van der Waals surface area contributed by atoms with Crippen molar-refractivity contribution in [3.63, 3.8) is 0 Å². The number of halogens is 1. The van der Waals surface area contributed by atoms with Crippen LogP contribution in [0, 0.1) is 0 Å². The molecule has 1 spiro atoms. The third-order valence-electron chi connectivity index (χ3n) is 6.14. The quantitative estimate of drug-likeness (QED) is 0.454. The molecule has 0 bridgehead atoms. The average molecular weight is 421 g/mol. The van der Waals surface area contributed by atoms with Gasteiger partial charge in [0.05, 0.1) is 11.6 Å². The average Bonchev–Trinajstić information content (AvgIpc) is 2.86. The number of benzene rings is 3. The Balaban J connectivity index is 1.69. The number of rotatable bonds is 1. The summed E-state index contributed by atoms with van der Waals surface area (Å²) in [6.45, 7) is 4.47. The summed E-state index contributed by atoms with van der Waals surface area (Å²) in [5, 5.41) is 3.14. The van der Waals surface area contributed by atoms with Crippen molar-refractivity contribution in [2.24, 2.45) is 4.99 Å². The molecule has 0 aliphatic carbocycles. The summed E-state index contributed by atoms with van der Waals surface area (Å²) in [5.41, 5.74) is 3.77. The zero-order valence-electron chi connectivity index (χ0n) is 15.7. The van der Waals surface area contributed by atoms with Gasteiger partial charge in [0.2, 0.25) is 5.72 Å². The highest BCUT2D eigenvalue weighted by atomic mass is 79.9. The van der Waals surface area contributed by atoms with Gasteiger partial charge in [-0.3, -0.25) is 4.99 Å². The van der Waals surface area contributed by atoms with E-state index in [1.165, 1.54) is 22.2 Å². The number of hydrogen-bond acceptors (Lipinski definition) is 3. The van der Waals surface area contributed by atoms with Gasteiger partial charge in [-0.15, -0.1) is 0 Å². The summed E-state index contributed by atoms with van der Waals surface area (Å²) in [4.78, 5) is 7.16. The second kappa shape index (κ2) is 5.59. The normalized spacial score (nSPS) is 22.0. The first-order valence-electron chi connectivity index (χ1n) is 9.17. The van der Waals surface area contributed by atoms with Gasteiger partial charge in [0.25, 0.3) is 0 Å². The van der Waals surface area contributed by atoms with Gasteiger partial charge in [0.15, 0.2) is 0 Å². The molecule has 4 heteroatoms. The molecular weight excluding hydrogens is 400 g/mol. The maximum Gasteiger partial charge on any atom is 0.228 e. The fraction of sp³-hybridized carbons (Fsp3) is 0.261. The molecule has 1 unspecified atom stereocenters. The van der Waals surface area contributed by atoms with Crippen molar-refractivity contribution in [2.45, 2.75) is 30.3 Å². The first-order chi connectivity index (χ1) is 13.0. The van der Waals surface area contributed by atoms with Gasteiger partial charge in [-0.2, -0.15) is 0 Å². The largest absolute Gasteiger partial charge is 0.459 e. The summed E-state index contributed by atoms with van der Waals surface area (Å²) in [6, 6.07) is 19.1. The maximum atomic E-state index is 6.74. The van der Waals surface area contributed by atoms with Crippen LogP contribution in [-0.4, -0.2) is 19.0 Å². The van der Waals surface area contributed by atoms with Crippen molar-refractivity contribution in [3.05, 3.63) is 65.7 Å². The van der Waals surface area contributed by atoms with Crippen LogP contribution in [-0.2, 0) is 10.7 Å². The first kappa shape index (κ1) is 16.8. The van der Waals surface area contributed by atoms with Crippen LogP contribution < -0.4 is 9.64 Å². The Bertz CT molecular complexity index is 1100. The van der Waals surface area contributed by atoms with Gasteiger partial charge < -0.3 is 9.64 Å². The molecule has 3 aromatic carbocycles. The summed E-state index contributed by atoms with van der Waals surface area (Å²) in [7, 11) is 2.10. The van der Waals surface area contributed by atoms with Crippen LogP contribution in [0.2, 0.25) is 0 Å². The molecule has 1 atom stereocenters. The molecule has 3 nitrogen and oxygen atoms in total. The zero-order chi connectivity index (χ0) is 18.8. The smallest absolute Gasteiger partial charge is 0.228 e. The summed E-state index contributed by atoms with van der Waals surface area (Å²) in [5.74, 6) is 0.838. The minimum atomic E-state index is -0.643. The minimum absolute atomic E-state index is 0.241. The molecule has 0 saturated heterocycles. The number of aliphatic imine (C=N–C) groups is 1. The van der Waals surface area contributed by atoms with Gasteiger partial charge in [-0.25, -0.2) is 0 Å². The molecule has 2 heterocycles. The van der Waals surface area contributed by atoms with Crippen LogP contribution in [0.3, 0.4) is 0 Å². The summed E-state index contributed by atoms with van der Waals surface area (Å²) in [6.07, 6.45) is 2.00. The highest BCUT2D eigenvalue weighted by Crippen LogP contribution is 2.54. The van der Waals surface area contributed by atoms with Gasteiger partial charge in [-0.1, -0.05) is 58.4 Å². The number of anilines is 1. The molecule has 0 saturated carbocycles. The van der Waals surface area contributed by atoms with E-state index < -0.39 is 5.72 Å². The lowest BCUT2D eigenvalue weighted by Crippen LogP contribution is -2.61. The van der Waals surface area contributed by atoms with E-state index >= 15 is 0 Å². The molecule has 0 amide bonds. The molecule has 136 valence electrons. The summed E-state index contributed by atoms with van der Waals surface area (Å²) < 4.78 is 6.74. The van der Waals surface area contributed by atoms with Crippen LogP contribution in [0.25, 0.3) is 10.8 Å². The Morgan fingerprint density at radius 3 is 2.70 bits per heavy atom. The predicted octanol–water partition coefficient (Wildman–Crippen LogP) is 5.95. The van der Waals surface area contributed by atoms with Gasteiger partial charge in [-0.05, 0) is 42.5 Å². The molecule has 0 N–H and O–H groups in total. The van der Waals surface area contributed by atoms with E-state index in [0.717, 1.165) is 22.2 Å². The molecule has 5 rings (SSSR count). The van der Waals surface area contributed by atoms with Gasteiger partial charge >= 0.3 is 0 Å². The molecule has 27 heavy (non-hydrogen) atoms. The monoisotopic (exact) mass is 420 g/mol. The van der Waals surface area contributed by atoms with E-state index in [1.807, 2.05) is 18.3 Å². The Kier molecular flexibility index (Phi) is 3.48. The standard InChI is InChI=1S/C23H21BrN2O/c1-22(2)18-10-8-15(13-24)12-19(18)26(3)23(22)14-25-21-17-7-5-4-6-16(17)9-11-20(21)27-23/h4-12,14H,13H2,1-3H3. The lowest BCUT2D eigenvalue weighted by Gasteiger charge is -2.45. The van der Waals surface area contributed by atoms with Crippen molar-refractivity contribution in [1.29, 1.82) is 0 Å². The number of fused-ring (bicyclic) bond motifs is 4. The van der Waals surface area contributed by atoms with Gasteiger partial charge in [0, 0.05) is 23.5 Å². The van der Waals surface area contributed by atoms with E-state index in [1.54, 1.807) is 0 Å². The number of hydrogen-bond donors (Lipinski definition) is 0. The lowest BCUT2D eigenvalue weighted by atomic mass is 9.77. The van der Waals surface area contributed by atoms with Crippen LogP contribution in [0.1, 0.15) is 25.0 Å². The molecule has 0 fully saturated rings. The number of nitrogens with zero attached hydrogens (tertiary/aromatic N) is 2. The zero-order valence-corrected chi connectivity index (χ0v) is 17.2. The van der Waals surface area contributed by atoms with Crippen molar-refractivity contribution in [2.75, 3.05) is 11.9 Å². The van der Waals surface area contributed by atoms with E-state index in [0.29, 0.717) is 0 Å². The minimum Gasteiger partial charge on any atom is -0.459 e.